The van der Waals surface area contributed by atoms with Crippen molar-refractivity contribution in [2.75, 3.05) is 11.9 Å². The summed E-state index contributed by atoms with van der Waals surface area (Å²) >= 11 is 0. The minimum atomic E-state index is -0.897. The maximum Gasteiger partial charge on any atom is 0.329 e. The van der Waals surface area contributed by atoms with Crippen molar-refractivity contribution in [3.05, 3.63) is 76.7 Å². The number of anilines is 1. The molecule has 1 atom stereocenters. The van der Waals surface area contributed by atoms with Crippen molar-refractivity contribution in [2.24, 2.45) is 5.92 Å². The second-order valence-corrected chi connectivity index (χ2v) is 8.60. The molecule has 3 aromatic carbocycles. The van der Waals surface area contributed by atoms with Gasteiger partial charge in [0.2, 0.25) is 5.91 Å². The smallest absolute Gasteiger partial charge is 0.329 e. The second kappa shape index (κ2) is 10.3. The van der Waals surface area contributed by atoms with Crippen LogP contribution < -0.4 is 16.3 Å². The van der Waals surface area contributed by atoms with Gasteiger partial charge in [-0.3, -0.25) is 9.59 Å². The van der Waals surface area contributed by atoms with Crippen molar-refractivity contribution in [1.82, 2.24) is 15.3 Å². The van der Waals surface area contributed by atoms with Crippen molar-refractivity contribution in [3.8, 4) is 0 Å². The molecule has 0 aliphatic rings. The number of imidazole rings is 1. The normalized spacial score (nSPS) is 12.0. The molecule has 2 amide bonds. The maximum absolute atomic E-state index is 12.7. The summed E-state index contributed by atoms with van der Waals surface area (Å²) in [5.74, 6) is -1.78. The highest BCUT2D eigenvalue weighted by atomic mass is 16.5. The highest BCUT2D eigenvalue weighted by molar-refractivity contribution is 5.95. The summed E-state index contributed by atoms with van der Waals surface area (Å²) in [4.78, 5) is 54.3. The lowest BCUT2D eigenvalue weighted by molar-refractivity contribution is -0.151. The first-order chi connectivity index (χ1) is 16.8. The zero-order chi connectivity index (χ0) is 24.9. The third kappa shape index (κ3) is 5.75. The lowest BCUT2D eigenvalue weighted by atomic mass is 10.0. The van der Waals surface area contributed by atoms with Crippen LogP contribution in [0.4, 0.5) is 5.69 Å². The standard InChI is InChI=1S/C26H26N4O5/c1-15(2)24(30-22(31)12-17-8-5-7-16-6-3-4-9-19(16)17)25(33)35-14-23(32)27-18-10-11-20-21(13-18)29-26(34)28-20/h3-11,13,15,24H,12,14H2,1-2H3,(H,27,32)(H,30,31)(H2,28,29,34)/t24-/m0/s1. The minimum Gasteiger partial charge on any atom is -0.454 e. The third-order valence-corrected chi connectivity index (χ3v) is 5.61. The van der Waals surface area contributed by atoms with Crippen LogP contribution in [0.3, 0.4) is 0 Å². The number of esters is 1. The van der Waals surface area contributed by atoms with E-state index < -0.39 is 24.5 Å². The molecule has 0 radical (unpaired) electrons. The van der Waals surface area contributed by atoms with E-state index in [1.54, 1.807) is 32.0 Å². The SMILES string of the molecule is CC(C)[C@H](NC(=O)Cc1cccc2ccccc12)C(=O)OCC(=O)Nc1ccc2[nH]c(=O)[nH]c2c1. The van der Waals surface area contributed by atoms with Gasteiger partial charge in [-0.05, 0) is 40.5 Å². The summed E-state index contributed by atoms with van der Waals surface area (Å²) in [5, 5.41) is 7.37. The van der Waals surface area contributed by atoms with E-state index in [9.17, 15) is 19.2 Å². The van der Waals surface area contributed by atoms with Gasteiger partial charge in [0.1, 0.15) is 6.04 Å². The molecule has 1 heterocycles. The number of amides is 2. The number of carbonyl (C=O) groups excluding carboxylic acids is 3. The highest BCUT2D eigenvalue weighted by Gasteiger charge is 2.26. The molecular weight excluding hydrogens is 448 g/mol. The fourth-order valence-electron chi connectivity index (χ4n) is 3.88. The quantitative estimate of drug-likeness (QED) is 0.292. The molecule has 0 aliphatic heterocycles. The molecular formula is C26H26N4O5. The van der Waals surface area contributed by atoms with Crippen molar-refractivity contribution < 1.29 is 19.1 Å². The molecule has 0 bridgehead atoms. The number of hydrogen-bond acceptors (Lipinski definition) is 5. The Labute approximate surface area is 200 Å². The average Bonchev–Trinajstić information content (AvgIpc) is 3.20. The molecule has 0 fully saturated rings. The van der Waals surface area contributed by atoms with Crippen molar-refractivity contribution in [2.45, 2.75) is 26.3 Å². The predicted octanol–water partition coefficient (Wildman–Crippen LogP) is 2.87. The van der Waals surface area contributed by atoms with Gasteiger partial charge in [0.15, 0.2) is 6.61 Å². The minimum absolute atomic E-state index is 0.113. The van der Waals surface area contributed by atoms with Gasteiger partial charge >= 0.3 is 11.7 Å². The number of hydrogen-bond donors (Lipinski definition) is 4. The largest absolute Gasteiger partial charge is 0.454 e. The van der Waals surface area contributed by atoms with Crippen LogP contribution in [0.5, 0.6) is 0 Å². The number of ether oxygens (including phenoxy) is 1. The van der Waals surface area contributed by atoms with Gasteiger partial charge in [-0.15, -0.1) is 0 Å². The fraction of sp³-hybridized carbons (Fsp3) is 0.231. The summed E-state index contributed by atoms with van der Waals surface area (Å²) in [6.07, 6.45) is 0.113. The molecule has 4 N–H and O–H groups in total. The molecule has 0 aliphatic carbocycles. The second-order valence-electron chi connectivity index (χ2n) is 8.60. The summed E-state index contributed by atoms with van der Waals surface area (Å²) in [5.41, 5.74) is 2.10. The lowest BCUT2D eigenvalue weighted by Gasteiger charge is -2.21. The van der Waals surface area contributed by atoms with Crippen LogP contribution in [-0.2, 0) is 25.5 Å². The Morgan fingerprint density at radius 1 is 0.914 bits per heavy atom. The Morgan fingerprint density at radius 3 is 2.46 bits per heavy atom. The van der Waals surface area contributed by atoms with E-state index in [1.165, 1.54) is 0 Å². The number of fused-ring (bicyclic) bond motifs is 2. The molecule has 9 heteroatoms. The molecule has 1 aromatic heterocycles. The number of carbonyl (C=O) groups is 3. The Balaban J connectivity index is 1.33. The van der Waals surface area contributed by atoms with Crippen molar-refractivity contribution in [3.63, 3.8) is 0 Å². The van der Waals surface area contributed by atoms with Gasteiger partial charge in [0.25, 0.3) is 5.91 Å². The van der Waals surface area contributed by atoms with Crippen LogP contribution in [0.25, 0.3) is 21.8 Å². The number of aromatic amines is 2. The van der Waals surface area contributed by atoms with Crippen LogP contribution in [0.1, 0.15) is 19.4 Å². The van der Waals surface area contributed by atoms with Gasteiger partial charge in [-0.25, -0.2) is 9.59 Å². The van der Waals surface area contributed by atoms with Crippen LogP contribution in [0.15, 0.2) is 65.5 Å². The molecule has 4 aromatic rings. The molecule has 35 heavy (non-hydrogen) atoms. The van der Waals surface area contributed by atoms with E-state index in [1.807, 2.05) is 42.5 Å². The lowest BCUT2D eigenvalue weighted by Crippen LogP contribution is -2.46. The fourth-order valence-corrected chi connectivity index (χ4v) is 3.88. The number of benzene rings is 3. The average molecular weight is 475 g/mol. The van der Waals surface area contributed by atoms with Crippen LogP contribution >= 0.6 is 0 Å². The Kier molecular flexibility index (Phi) is 6.96. The van der Waals surface area contributed by atoms with E-state index in [-0.39, 0.29) is 23.9 Å². The Bertz CT molecular complexity index is 1450. The first-order valence-corrected chi connectivity index (χ1v) is 11.2. The van der Waals surface area contributed by atoms with Crippen LogP contribution in [0, 0.1) is 5.92 Å². The van der Waals surface area contributed by atoms with Gasteiger partial charge in [0, 0.05) is 5.69 Å². The van der Waals surface area contributed by atoms with Crippen LogP contribution in [0.2, 0.25) is 0 Å². The molecule has 0 saturated carbocycles. The zero-order valence-corrected chi connectivity index (χ0v) is 19.4. The van der Waals surface area contributed by atoms with Crippen molar-refractivity contribution >= 4 is 45.3 Å². The molecule has 180 valence electrons. The first-order valence-electron chi connectivity index (χ1n) is 11.2. The van der Waals surface area contributed by atoms with Gasteiger partial charge < -0.3 is 25.3 Å². The summed E-state index contributed by atoms with van der Waals surface area (Å²) in [7, 11) is 0. The first kappa shape index (κ1) is 23.7. The van der Waals surface area contributed by atoms with Crippen molar-refractivity contribution in [1.29, 1.82) is 0 Å². The number of aromatic nitrogens is 2. The van der Waals surface area contributed by atoms with Crippen LogP contribution in [-0.4, -0.2) is 40.4 Å². The molecule has 4 rings (SSSR count). The molecule has 9 nitrogen and oxygen atoms in total. The summed E-state index contributed by atoms with van der Waals surface area (Å²) in [6, 6.07) is 17.5. The van der Waals surface area contributed by atoms with E-state index in [2.05, 4.69) is 20.6 Å². The van der Waals surface area contributed by atoms with Gasteiger partial charge in [-0.1, -0.05) is 56.3 Å². The van der Waals surface area contributed by atoms with Gasteiger partial charge in [-0.2, -0.15) is 0 Å². The number of H-pyrrole nitrogens is 2. The maximum atomic E-state index is 12.7. The summed E-state index contributed by atoms with van der Waals surface area (Å²) < 4.78 is 5.18. The molecule has 0 unspecified atom stereocenters. The monoisotopic (exact) mass is 474 g/mol. The highest BCUT2D eigenvalue weighted by Crippen LogP contribution is 2.19. The number of rotatable bonds is 8. The van der Waals surface area contributed by atoms with E-state index in [0.717, 1.165) is 16.3 Å². The van der Waals surface area contributed by atoms with E-state index in [0.29, 0.717) is 16.7 Å². The zero-order valence-electron chi connectivity index (χ0n) is 19.4. The predicted molar refractivity (Wildman–Crippen MR) is 133 cm³/mol. The Hall–Kier alpha value is -4.40. The third-order valence-electron chi connectivity index (χ3n) is 5.61. The van der Waals surface area contributed by atoms with E-state index >= 15 is 0 Å². The number of nitrogens with one attached hydrogen (secondary N) is 4. The Morgan fingerprint density at radius 2 is 1.66 bits per heavy atom. The molecule has 0 saturated heterocycles. The topological polar surface area (TPSA) is 133 Å². The summed E-state index contributed by atoms with van der Waals surface area (Å²) in [6.45, 7) is 3.07. The van der Waals surface area contributed by atoms with Gasteiger partial charge in [0.05, 0.1) is 17.5 Å². The molecule has 0 spiro atoms. The van der Waals surface area contributed by atoms with E-state index in [4.69, 9.17) is 4.74 Å².